The van der Waals surface area contributed by atoms with E-state index in [-0.39, 0.29) is 21.7 Å². The van der Waals surface area contributed by atoms with Gasteiger partial charge in [-0.3, -0.25) is 0 Å². The van der Waals surface area contributed by atoms with Crippen LogP contribution in [0.5, 0.6) is 0 Å². The predicted octanol–water partition coefficient (Wildman–Crippen LogP) is 0.854. The predicted molar refractivity (Wildman–Crippen MR) is 20.6 cm³/mol. The summed E-state index contributed by atoms with van der Waals surface area (Å²) in [5.74, 6) is 0. The second-order valence-electron chi connectivity index (χ2n) is 1.05. The van der Waals surface area contributed by atoms with Crippen molar-refractivity contribution in [3.63, 3.8) is 0 Å². The number of hydrogen-bond donors (Lipinski definition) is 1. The monoisotopic (exact) mass is 121 g/mol. The zero-order valence-corrected chi connectivity index (χ0v) is 5.46. The van der Waals surface area contributed by atoms with Crippen LogP contribution in [0.4, 0.5) is 0 Å². The standard InChI is InChI=1S/C3H7NO.Ti/c1-3(2)4-5;/h5H,1-2H3;. The summed E-state index contributed by atoms with van der Waals surface area (Å²) in [7, 11) is 0. The molecule has 0 aromatic rings. The average Bonchev–Trinajstić information content (AvgIpc) is 1.38. The molecule has 0 spiro atoms. The van der Waals surface area contributed by atoms with E-state index in [4.69, 9.17) is 5.21 Å². The summed E-state index contributed by atoms with van der Waals surface area (Å²) >= 11 is 0. The molecule has 0 heterocycles. The van der Waals surface area contributed by atoms with E-state index in [0.29, 0.717) is 5.71 Å². The molecular weight excluding hydrogens is 114 g/mol. The van der Waals surface area contributed by atoms with Crippen LogP contribution in [-0.4, -0.2) is 10.9 Å². The Labute approximate surface area is 52.1 Å². The molecule has 0 aromatic carbocycles. The second-order valence-corrected chi connectivity index (χ2v) is 1.05. The van der Waals surface area contributed by atoms with E-state index < -0.39 is 0 Å². The summed E-state index contributed by atoms with van der Waals surface area (Å²) < 4.78 is 0. The molecule has 0 saturated carbocycles. The van der Waals surface area contributed by atoms with Gasteiger partial charge in [0.1, 0.15) is 0 Å². The van der Waals surface area contributed by atoms with Gasteiger partial charge in [0.2, 0.25) is 0 Å². The van der Waals surface area contributed by atoms with Gasteiger partial charge >= 0.3 is 0 Å². The summed E-state index contributed by atoms with van der Waals surface area (Å²) in [4.78, 5) is 0. The third kappa shape index (κ3) is 8.89. The first-order valence-corrected chi connectivity index (χ1v) is 1.42. The van der Waals surface area contributed by atoms with Crippen LogP contribution in [0.25, 0.3) is 0 Å². The fourth-order valence-corrected chi connectivity index (χ4v) is 0. The molecule has 0 aliphatic rings. The molecule has 6 heavy (non-hydrogen) atoms. The first-order chi connectivity index (χ1) is 2.27. The van der Waals surface area contributed by atoms with Crippen LogP contribution in [0, 0.1) is 0 Å². The van der Waals surface area contributed by atoms with Crippen molar-refractivity contribution < 1.29 is 26.9 Å². The Morgan fingerprint density at radius 3 is 1.67 bits per heavy atom. The Kier molecular flexibility index (Phi) is 8.20. The largest absolute Gasteiger partial charge is 0.411 e. The molecule has 0 fully saturated rings. The van der Waals surface area contributed by atoms with Gasteiger partial charge in [0.05, 0.1) is 5.71 Å². The average molecular weight is 121 g/mol. The van der Waals surface area contributed by atoms with Gasteiger partial charge in [-0.25, -0.2) is 0 Å². The van der Waals surface area contributed by atoms with Crippen molar-refractivity contribution in [1.82, 2.24) is 0 Å². The van der Waals surface area contributed by atoms with Gasteiger partial charge in [0, 0.05) is 21.7 Å². The van der Waals surface area contributed by atoms with Crippen molar-refractivity contribution in [3.8, 4) is 0 Å². The van der Waals surface area contributed by atoms with Crippen molar-refractivity contribution in [2.75, 3.05) is 0 Å². The SMILES string of the molecule is CC(C)=NO.[Ti]. The minimum absolute atomic E-state index is 0. The minimum Gasteiger partial charge on any atom is -0.411 e. The molecule has 0 bridgehead atoms. The zero-order valence-electron chi connectivity index (χ0n) is 3.89. The fourth-order valence-electron chi connectivity index (χ4n) is 0. The first kappa shape index (κ1) is 9.49. The molecule has 2 nitrogen and oxygen atoms in total. The summed E-state index contributed by atoms with van der Waals surface area (Å²) in [6, 6.07) is 0. The van der Waals surface area contributed by atoms with Gasteiger partial charge in [0.15, 0.2) is 0 Å². The van der Waals surface area contributed by atoms with E-state index in [1.807, 2.05) is 0 Å². The van der Waals surface area contributed by atoms with E-state index in [9.17, 15) is 0 Å². The Morgan fingerprint density at radius 2 is 1.67 bits per heavy atom. The van der Waals surface area contributed by atoms with E-state index in [1.165, 1.54) is 0 Å². The van der Waals surface area contributed by atoms with E-state index >= 15 is 0 Å². The molecule has 3 heteroatoms. The van der Waals surface area contributed by atoms with Crippen LogP contribution in [-0.2, 0) is 21.7 Å². The molecule has 0 atom stereocenters. The summed E-state index contributed by atoms with van der Waals surface area (Å²) in [6.07, 6.45) is 0. The molecule has 0 unspecified atom stereocenters. The van der Waals surface area contributed by atoms with Crippen LogP contribution in [0.2, 0.25) is 0 Å². The Morgan fingerprint density at radius 1 is 1.50 bits per heavy atom. The van der Waals surface area contributed by atoms with Crippen LogP contribution in [0.3, 0.4) is 0 Å². The molecule has 0 aliphatic heterocycles. The van der Waals surface area contributed by atoms with Crippen LogP contribution in [0.15, 0.2) is 5.16 Å². The van der Waals surface area contributed by atoms with E-state index in [1.54, 1.807) is 13.8 Å². The first-order valence-electron chi connectivity index (χ1n) is 1.42. The number of nitrogens with zero attached hydrogens (tertiary/aromatic N) is 1. The molecule has 34 valence electrons. The maximum atomic E-state index is 7.73. The maximum absolute atomic E-state index is 7.73. The molecular formula is C3H7NOTi. The zero-order chi connectivity index (χ0) is 4.28. The molecule has 0 radical (unpaired) electrons. The number of hydrogen-bond acceptors (Lipinski definition) is 2. The quantitative estimate of drug-likeness (QED) is 0.219. The molecule has 0 rings (SSSR count). The maximum Gasteiger partial charge on any atom is 0.0509 e. The number of oxime groups is 1. The molecule has 0 aliphatic carbocycles. The van der Waals surface area contributed by atoms with Gasteiger partial charge in [-0.15, -0.1) is 0 Å². The van der Waals surface area contributed by atoms with Crippen molar-refractivity contribution in [1.29, 1.82) is 0 Å². The summed E-state index contributed by atoms with van der Waals surface area (Å²) in [5.41, 5.74) is 0.685. The van der Waals surface area contributed by atoms with Gasteiger partial charge in [-0.05, 0) is 13.8 Å². The van der Waals surface area contributed by atoms with Gasteiger partial charge in [-0.2, -0.15) is 0 Å². The Hall–Kier alpha value is 0.184. The van der Waals surface area contributed by atoms with Crippen LogP contribution in [0.1, 0.15) is 13.8 Å². The van der Waals surface area contributed by atoms with Crippen molar-refractivity contribution in [3.05, 3.63) is 0 Å². The van der Waals surface area contributed by atoms with Gasteiger partial charge in [0.25, 0.3) is 0 Å². The molecule has 0 saturated heterocycles. The van der Waals surface area contributed by atoms with Crippen LogP contribution < -0.4 is 0 Å². The van der Waals surface area contributed by atoms with Crippen molar-refractivity contribution in [2.24, 2.45) is 5.16 Å². The smallest absolute Gasteiger partial charge is 0.0509 e. The van der Waals surface area contributed by atoms with Crippen molar-refractivity contribution in [2.45, 2.75) is 13.8 Å². The Bertz CT molecular complexity index is 48.8. The molecule has 0 aromatic heterocycles. The van der Waals surface area contributed by atoms with Crippen molar-refractivity contribution >= 4 is 5.71 Å². The van der Waals surface area contributed by atoms with E-state index in [0.717, 1.165) is 0 Å². The van der Waals surface area contributed by atoms with E-state index in [2.05, 4.69) is 5.16 Å². The Balaban J connectivity index is 0. The molecule has 1 N–H and O–H groups in total. The topological polar surface area (TPSA) is 32.6 Å². The third-order valence-electron chi connectivity index (χ3n) is 0.200. The van der Waals surface area contributed by atoms with Gasteiger partial charge in [-0.1, -0.05) is 5.16 Å². The molecule has 0 amide bonds. The normalized spacial score (nSPS) is 5.67. The fraction of sp³-hybridized carbons (Fsp3) is 0.667. The second kappa shape index (κ2) is 5.18. The summed E-state index contributed by atoms with van der Waals surface area (Å²) in [5, 5.41) is 10.5. The van der Waals surface area contributed by atoms with Crippen LogP contribution >= 0.6 is 0 Å². The van der Waals surface area contributed by atoms with Gasteiger partial charge < -0.3 is 5.21 Å². The minimum atomic E-state index is 0. The summed E-state index contributed by atoms with van der Waals surface area (Å²) in [6.45, 7) is 3.44. The number of rotatable bonds is 0. The third-order valence-corrected chi connectivity index (χ3v) is 0.200.